The molecule has 0 unspecified atom stereocenters. The van der Waals surface area contributed by atoms with Crippen LogP contribution in [0.4, 0.5) is 5.69 Å². The summed E-state index contributed by atoms with van der Waals surface area (Å²) in [6.45, 7) is 0.434. The highest BCUT2D eigenvalue weighted by Crippen LogP contribution is 2.16. The Kier molecular flexibility index (Phi) is 2.67. The molecule has 1 aromatic carbocycles. The number of nitrogens with zero attached hydrogens (tertiary/aromatic N) is 7. The van der Waals surface area contributed by atoms with Gasteiger partial charge in [-0.25, -0.2) is 9.67 Å². The number of rotatable bonds is 3. The second-order valence-electron chi connectivity index (χ2n) is 4.09. The van der Waals surface area contributed by atoms with Crippen molar-refractivity contribution in [3.8, 4) is 11.4 Å². The Morgan fingerprint density at radius 2 is 2.16 bits per heavy atom. The van der Waals surface area contributed by atoms with Gasteiger partial charge in [-0.05, 0) is 17.3 Å². The molecule has 0 aliphatic carbocycles. The van der Waals surface area contributed by atoms with Gasteiger partial charge in [-0.15, -0.1) is 10.2 Å². The van der Waals surface area contributed by atoms with Crippen LogP contribution in [0, 0.1) is 0 Å². The van der Waals surface area contributed by atoms with Gasteiger partial charge in [0.15, 0.2) is 11.6 Å². The first-order valence-corrected chi connectivity index (χ1v) is 5.69. The molecule has 0 saturated carbocycles. The quantitative estimate of drug-likeness (QED) is 0.667. The Balaban J connectivity index is 1.83. The van der Waals surface area contributed by atoms with Gasteiger partial charge in [0, 0.05) is 11.3 Å². The fourth-order valence-electron chi connectivity index (χ4n) is 1.71. The maximum atomic E-state index is 5.74. The molecule has 0 aliphatic rings. The first kappa shape index (κ1) is 11.3. The summed E-state index contributed by atoms with van der Waals surface area (Å²) in [4.78, 5) is 5.65. The molecule has 96 valence electrons. The van der Waals surface area contributed by atoms with E-state index in [0.717, 1.165) is 5.56 Å². The molecular formula is C11H12N8. The lowest BCUT2D eigenvalue weighted by Crippen LogP contribution is -2.03. The average Bonchev–Trinajstić information content (AvgIpc) is 2.99. The molecule has 0 spiro atoms. The van der Waals surface area contributed by atoms with E-state index >= 15 is 0 Å². The van der Waals surface area contributed by atoms with Gasteiger partial charge in [0.1, 0.15) is 12.9 Å². The molecule has 0 amide bonds. The van der Waals surface area contributed by atoms with Gasteiger partial charge in [0.25, 0.3) is 0 Å². The number of benzene rings is 1. The first-order valence-electron chi connectivity index (χ1n) is 5.69. The molecule has 0 saturated heterocycles. The SMILES string of the molecule is Cn1nnc(Cn2cnc(-c3cccc(N)c3)n2)n1. The second kappa shape index (κ2) is 4.48. The fourth-order valence-corrected chi connectivity index (χ4v) is 1.71. The smallest absolute Gasteiger partial charge is 0.196 e. The molecular weight excluding hydrogens is 244 g/mol. The molecule has 3 aromatic rings. The van der Waals surface area contributed by atoms with E-state index in [4.69, 9.17) is 5.73 Å². The van der Waals surface area contributed by atoms with E-state index < -0.39 is 0 Å². The summed E-state index contributed by atoms with van der Waals surface area (Å²) in [7, 11) is 1.72. The largest absolute Gasteiger partial charge is 0.399 e. The molecule has 0 atom stereocenters. The van der Waals surface area contributed by atoms with Crippen LogP contribution in [-0.2, 0) is 13.6 Å². The lowest BCUT2D eigenvalue weighted by molar-refractivity contribution is 0.617. The van der Waals surface area contributed by atoms with E-state index in [-0.39, 0.29) is 0 Å². The number of nitrogens with two attached hydrogens (primary N) is 1. The molecule has 19 heavy (non-hydrogen) atoms. The van der Waals surface area contributed by atoms with Crippen molar-refractivity contribution in [3.05, 3.63) is 36.4 Å². The monoisotopic (exact) mass is 256 g/mol. The Hall–Kier alpha value is -2.77. The third-order valence-corrected chi connectivity index (χ3v) is 2.53. The standard InChI is InChI=1S/C11H12N8/c1-18-15-10(14-17-18)6-19-7-13-11(16-19)8-3-2-4-9(12)5-8/h2-5,7H,6,12H2,1H3. The minimum atomic E-state index is 0.434. The van der Waals surface area contributed by atoms with Gasteiger partial charge in [-0.2, -0.15) is 9.90 Å². The van der Waals surface area contributed by atoms with Crippen molar-refractivity contribution < 1.29 is 0 Å². The van der Waals surface area contributed by atoms with Crippen LogP contribution in [0.1, 0.15) is 5.82 Å². The van der Waals surface area contributed by atoms with E-state index in [1.165, 1.54) is 4.80 Å². The zero-order chi connectivity index (χ0) is 13.2. The summed E-state index contributed by atoms with van der Waals surface area (Å²) in [6, 6.07) is 7.44. The Bertz CT molecular complexity index is 698. The summed E-state index contributed by atoms with van der Waals surface area (Å²) in [6.07, 6.45) is 1.63. The summed E-state index contributed by atoms with van der Waals surface area (Å²) >= 11 is 0. The number of hydrogen-bond donors (Lipinski definition) is 1. The predicted molar refractivity (Wildman–Crippen MR) is 67.8 cm³/mol. The molecule has 0 radical (unpaired) electrons. The molecule has 0 bridgehead atoms. The molecule has 3 rings (SSSR count). The van der Waals surface area contributed by atoms with Crippen LogP contribution in [0.25, 0.3) is 11.4 Å². The van der Waals surface area contributed by atoms with Crippen LogP contribution in [0.2, 0.25) is 0 Å². The van der Waals surface area contributed by atoms with Gasteiger partial charge in [0.05, 0.1) is 7.05 Å². The van der Waals surface area contributed by atoms with Crippen LogP contribution < -0.4 is 5.73 Å². The zero-order valence-corrected chi connectivity index (χ0v) is 10.3. The lowest BCUT2D eigenvalue weighted by atomic mass is 10.2. The normalized spacial score (nSPS) is 10.8. The molecule has 8 nitrogen and oxygen atoms in total. The predicted octanol–water partition coefficient (Wildman–Crippen LogP) is 0.0991. The van der Waals surface area contributed by atoms with Gasteiger partial charge in [0.2, 0.25) is 0 Å². The van der Waals surface area contributed by atoms with Gasteiger partial charge < -0.3 is 5.73 Å². The fraction of sp³-hybridized carbons (Fsp3) is 0.182. The van der Waals surface area contributed by atoms with Crippen molar-refractivity contribution in [1.29, 1.82) is 0 Å². The number of aromatic nitrogens is 7. The highest BCUT2D eigenvalue weighted by atomic mass is 15.6. The molecule has 0 fully saturated rings. The maximum Gasteiger partial charge on any atom is 0.196 e. The number of nitrogen functional groups attached to an aromatic ring is 1. The Labute approximate surface area is 108 Å². The van der Waals surface area contributed by atoms with Crippen molar-refractivity contribution in [1.82, 2.24) is 35.0 Å². The van der Waals surface area contributed by atoms with Crippen molar-refractivity contribution in [2.75, 3.05) is 5.73 Å². The minimum absolute atomic E-state index is 0.434. The third-order valence-electron chi connectivity index (χ3n) is 2.53. The zero-order valence-electron chi connectivity index (χ0n) is 10.3. The second-order valence-corrected chi connectivity index (χ2v) is 4.09. The molecule has 8 heteroatoms. The molecule has 0 aliphatic heterocycles. The molecule has 2 heterocycles. The Morgan fingerprint density at radius 3 is 2.89 bits per heavy atom. The summed E-state index contributed by atoms with van der Waals surface area (Å²) < 4.78 is 1.66. The minimum Gasteiger partial charge on any atom is -0.399 e. The van der Waals surface area contributed by atoms with E-state index in [1.54, 1.807) is 18.1 Å². The van der Waals surface area contributed by atoms with Crippen molar-refractivity contribution in [2.45, 2.75) is 6.54 Å². The van der Waals surface area contributed by atoms with Gasteiger partial charge >= 0.3 is 0 Å². The van der Waals surface area contributed by atoms with Crippen LogP contribution >= 0.6 is 0 Å². The lowest BCUT2D eigenvalue weighted by Gasteiger charge is -1.97. The number of anilines is 1. The van der Waals surface area contributed by atoms with Crippen LogP contribution in [0.3, 0.4) is 0 Å². The number of tetrazole rings is 1. The van der Waals surface area contributed by atoms with Gasteiger partial charge in [-0.3, -0.25) is 0 Å². The van der Waals surface area contributed by atoms with E-state index in [0.29, 0.717) is 23.9 Å². The molecule has 2 aromatic heterocycles. The number of aryl methyl sites for hydroxylation is 1. The number of hydrogen-bond acceptors (Lipinski definition) is 6. The Morgan fingerprint density at radius 1 is 1.26 bits per heavy atom. The maximum absolute atomic E-state index is 5.74. The van der Waals surface area contributed by atoms with Crippen LogP contribution in [0.5, 0.6) is 0 Å². The van der Waals surface area contributed by atoms with E-state index in [1.807, 2.05) is 24.3 Å². The van der Waals surface area contributed by atoms with Crippen LogP contribution in [0.15, 0.2) is 30.6 Å². The average molecular weight is 256 g/mol. The van der Waals surface area contributed by atoms with Crippen molar-refractivity contribution in [2.24, 2.45) is 7.05 Å². The summed E-state index contributed by atoms with van der Waals surface area (Å²) in [5, 5.41) is 16.1. The summed E-state index contributed by atoms with van der Waals surface area (Å²) in [5.41, 5.74) is 7.30. The molecule has 2 N–H and O–H groups in total. The van der Waals surface area contributed by atoms with E-state index in [2.05, 4.69) is 25.5 Å². The topological polar surface area (TPSA) is 100 Å². The third kappa shape index (κ3) is 2.41. The van der Waals surface area contributed by atoms with Crippen molar-refractivity contribution >= 4 is 5.69 Å². The highest BCUT2D eigenvalue weighted by molar-refractivity contribution is 5.60. The van der Waals surface area contributed by atoms with Crippen molar-refractivity contribution in [3.63, 3.8) is 0 Å². The van der Waals surface area contributed by atoms with E-state index in [9.17, 15) is 0 Å². The van der Waals surface area contributed by atoms with Crippen LogP contribution in [-0.4, -0.2) is 35.0 Å². The highest BCUT2D eigenvalue weighted by Gasteiger charge is 2.07. The van der Waals surface area contributed by atoms with Gasteiger partial charge in [-0.1, -0.05) is 12.1 Å². The first-order chi connectivity index (χ1) is 9.20. The summed E-state index contributed by atoms with van der Waals surface area (Å²) in [5.74, 6) is 1.21.